The van der Waals surface area contributed by atoms with E-state index in [1.54, 1.807) is 19.1 Å². The first kappa shape index (κ1) is 20.1. The Labute approximate surface area is 155 Å². The van der Waals surface area contributed by atoms with Crippen LogP contribution < -0.4 is 9.62 Å². The third-order valence-electron chi connectivity index (χ3n) is 3.58. The minimum absolute atomic E-state index is 0.0203. The number of nitrogens with one attached hydrogen (secondary N) is 1. The first-order valence-electron chi connectivity index (χ1n) is 7.64. The molecule has 9 heteroatoms. The fraction of sp³-hybridized carbons (Fsp3) is 0.235. The fourth-order valence-corrected chi connectivity index (χ4v) is 3.86. The number of rotatable bonds is 6. The van der Waals surface area contributed by atoms with Crippen molar-refractivity contribution in [2.24, 2.45) is 0 Å². The molecule has 2 aromatic rings. The van der Waals surface area contributed by atoms with Crippen molar-refractivity contribution in [3.63, 3.8) is 0 Å². The summed E-state index contributed by atoms with van der Waals surface area (Å²) in [7, 11) is -3.82. The minimum Gasteiger partial charge on any atom is -0.324 e. The van der Waals surface area contributed by atoms with Crippen LogP contribution in [0.2, 0.25) is 5.02 Å². The molecule has 0 aromatic heterocycles. The normalized spacial score (nSPS) is 12.5. The van der Waals surface area contributed by atoms with Gasteiger partial charge in [-0.25, -0.2) is 17.2 Å². The third-order valence-corrected chi connectivity index (χ3v) is 4.99. The number of benzene rings is 2. The standard InChI is InChI=1S/C17H17ClF2N2O3S/c1-3-16(17(23)21-12-7-8-14(19)15(20)10-12)22(26(2,24)25)13-6-4-5-11(18)9-13/h4-10,16H,3H2,1-2H3,(H,21,23). The Bertz CT molecular complexity index is 922. The Morgan fingerprint density at radius 1 is 1.19 bits per heavy atom. The SMILES string of the molecule is CCC(C(=O)Nc1ccc(F)c(F)c1)N(c1cccc(Cl)c1)S(C)(=O)=O. The summed E-state index contributed by atoms with van der Waals surface area (Å²) in [5.74, 6) is -2.85. The van der Waals surface area contributed by atoms with Crippen LogP contribution in [0.5, 0.6) is 0 Å². The number of sulfonamides is 1. The Morgan fingerprint density at radius 3 is 2.42 bits per heavy atom. The highest BCUT2D eigenvalue weighted by molar-refractivity contribution is 7.92. The van der Waals surface area contributed by atoms with Gasteiger partial charge in [-0.3, -0.25) is 9.10 Å². The lowest BCUT2D eigenvalue weighted by Crippen LogP contribution is -2.47. The topological polar surface area (TPSA) is 66.5 Å². The molecule has 0 saturated carbocycles. The van der Waals surface area contributed by atoms with Gasteiger partial charge in [-0.1, -0.05) is 24.6 Å². The Morgan fingerprint density at radius 2 is 1.88 bits per heavy atom. The second-order valence-electron chi connectivity index (χ2n) is 5.58. The molecular weight excluding hydrogens is 386 g/mol. The van der Waals surface area contributed by atoms with Gasteiger partial charge in [0.2, 0.25) is 15.9 Å². The lowest BCUT2D eigenvalue weighted by atomic mass is 10.1. The van der Waals surface area contributed by atoms with Crippen molar-refractivity contribution >= 4 is 38.9 Å². The summed E-state index contributed by atoms with van der Waals surface area (Å²) in [5.41, 5.74) is 0.249. The van der Waals surface area contributed by atoms with Gasteiger partial charge in [-0.05, 0) is 36.8 Å². The van der Waals surface area contributed by atoms with E-state index in [0.29, 0.717) is 5.02 Å². The lowest BCUT2D eigenvalue weighted by Gasteiger charge is -2.30. The number of amides is 1. The third kappa shape index (κ3) is 4.70. The number of halogens is 3. The average molecular weight is 403 g/mol. The zero-order chi connectivity index (χ0) is 19.5. The summed E-state index contributed by atoms with van der Waals surface area (Å²) in [6.45, 7) is 1.64. The monoisotopic (exact) mass is 402 g/mol. The molecule has 0 aliphatic carbocycles. The molecule has 2 aromatic carbocycles. The van der Waals surface area contributed by atoms with Crippen molar-refractivity contribution in [3.05, 3.63) is 59.1 Å². The molecule has 1 N–H and O–H groups in total. The van der Waals surface area contributed by atoms with Gasteiger partial charge < -0.3 is 5.32 Å². The largest absolute Gasteiger partial charge is 0.324 e. The lowest BCUT2D eigenvalue weighted by molar-refractivity contribution is -0.117. The van der Waals surface area contributed by atoms with E-state index in [4.69, 9.17) is 11.6 Å². The molecule has 0 aliphatic rings. The maximum atomic E-state index is 13.3. The number of carbonyl (C=O) groups is 1. The zero-order valence-corrected chi connectivity index (χ0v) is 15.6. The first-order valence-corrected chi connectivity index (χ1v) is 9.87. The summed E-state index contributed by atoms with van der Waals surface area (Å²) < 4.78 is 51.9. The van der Waals surface area contributed by atoms with Crippen LogP contribution in [0.1, 0.15) is 13.3 Å². The van der Waals surface area contributed by atoms with E-state index in [1.807, 2.05) is 0 Å². The molecule has 0 radical (unpaired) electrons. The second-order valence-corrected chi connectivity index (χ2v) is 7.88. The van der Waals surface area contributed by atoms with Crippen LogP contribution in [0.3, 0.4) is 0 Å². The van der Waals surface area contributed by atoms with E-state index < -0.39 is 33.6 Å². The van der Waals surface area contributed by atoms with Crippen molar-refractivity contribution in [3.8, 4) is 0 Å². The molecule has 0 spiro atoms. The minimum atomic E-state index is -3.82. The van der Waals surface area contributed by atoms with E-state index in [0.717, 1.165) is 22.7 Å². The van der Waals surface area contributed by atoms with Crippen LogP contribution in [0.25, 0.3) is 0 Å². The average Bonchev–Trinajstić information content (AvgIpc) is 2.54. The highest BCUT2D eigenvalue weighted by Gasteiger charge is 2.31. The molecule has 1 amide bonds. The van der Waals surface area contributed by atoms with Gasteiger partial charge >= 0.3 is 0 Å². The highest BCUT2D eigenvalue weighted by atomic mass is 35.5. The Balaban J connectivity index is 2.38. The quantitative estimate of drug-likeness (QED) is 0.799. The molecule has 0 saturated heterocycles. The van der Waals surface area contributed by atoms with E-state index >= 15 is 0 Å². The number of anilines is 2. The van der Waals surface area contributed by atoms with Crippen molar-refractivity contribution < 1.29 is 22.0 Å². The van der Waals surface area contributed by atoms with Gasteiger partial charge in [0.15, 0.2) is 11.6 Å². The number of nitrogens with zero attached hydrogens (tertiary/aromatic N) is 1. The fourth-order valence-electron chi connectivity index (χ4n) is 2.47. The van der Waals surface area contributed by atoms with E-state index in [1.165, 1.54) is 18.2 Å². The van der Waals surface area contributed by atoms with Crippen molar-refractivity contribution in [2.75, 3.05) is 15.9 Å². The molecule has 1 atom stereocenters. The molecule has 0 fully saturated rings. The highest BCUT2D eigenvalue weighted by Crippen LogP contribution is 2.26. The molecule has 26 heavy (non-hydrogen) atoms. The molecule has 140 valence electrons. The van der Waals surface area contributed by atoms with Crippen LogP contribution in [-0.2, 0) is 14.8 Å². The van der Waals surface area contributed by atoms with Crippen molar-refractivity contribution in [2.45, 2.75) is 19.4 Å². The van der Waals surface area contributed by atoms with Crippen LogP contribution in [0.4, 0.5) is 20.2 Å². The van der Waals surface area contributed by atoms with Crippen LogP contribution >= 0.6 is 11.6 Å². The van der Waals surface area contributed by atoms with Gasteiger partial charge in [0.25, 0.3) is 0 Å². The molecule has 0 bridgehead atoms. The molecule has 0 aliphatic heterocycles. The molecular formula is C17H17ClF2N2O3S. The maximum Gasteiger partial charge on any atom is 0.248 e. The predicted octanol–water partition coefficient (Wildman–Crippen LogP) is 3.80. The van der Waals surface area contributed by atoms with Crippen LogP contribution in [0, 0.1) is 11.6 Å². The van der Waals surface area contributed by atoms with E-state index in [2.05, 4.69) is 5.32 Å². The summed E-state index contributed by atoms with van der Waals surface area (Å²) in [6.07, 6.45) is 1.12. The van der Waals surface area contributed by atoms with Gasteiger partial charge in [0.1, 0.15) is 6.04 Å². The van der Waals surface area contributed by atoms with Crippen molar-refractivity contribution in [1.82, 2.24) is 0 Å². The number of hydrogen-bond donors (Lipinski definition) is 1. The van der Waals surface area contributed by atoms with Crippen LogP contribution in [0.15, 0.2) is 42.5 Å². The van der Waals surface area contributed by atoms with Crippen molar-refractivity contribution in [1.29, 1.82) is 0 Å². The Hall–Kier alpha value is -2.19. The molecule has 2 rings (SSSR count). The van der Waals surface area contributed by atoms with Gasteiger partial charge in [-0.15, -0.1) is 0 Å². The second kappa shape index (κ2) is 8.01. The van der Waals surface area contributed by atoms with Gasteiger partial charge in [0.05, 0.1) is 11.9 Å². The van der Waals surface area contributed by atoms with Crippen LogP contribution in [-0.4, -0.2) is 26.6 Å². The predicted molar refractivity (Wildman–Crippen MR) is 97.8 cm³/mol. The first-order chi connectivity index (χ1) is 12.1. The molecule has 0 heterocycles. The summed E-state index contributed by atoms with van der Waals surface area (Å²) >= 11 is 5.93. The number of hydrogen-bond acceptors (Lipinski definition) is 3. The molecule has 1 unspecified atom stereocenters. The summed E-state index contributed by atoms with van der Waals surface area (Å²) in [4.78, 5) is 12.6. The van der Waals surface area contributed by atoms with E-state index in [9.17, 15) is 22.0 Å². The van der Waals surface area contributed by atoms with Gasteiger partial charge in [0, 0.05) is 16.8 Å². The van der Waals surface area contributed by atoms with E-state index in [-0.39, 0.29) is 17.8 Å². The summed E-state index contributed by atoms with van der Waals surface area (Å²) in [6, 6.07) is 7.87. The van der Waals surface area contributed by atoms with Gasteiger partial charge in [-0.2, -0.15) is 0 Å². The smallest absolute Gasteiger partial charge is 0.248 e. The maximum absolute atomic E-state index is 13.3. The summed E-state index contributed by atoms with van der Waals surface area (Å²) in [5, 5.41) is 2.73. The Kier molecular flexibility index (Phi) is 6.20. The number of carbonyl (C=O) groups excluding carboxylic acids is 1. The zero-order valence-electron chi connectivity index (χ0n) is 14.0. The molecule has 5 nitrogen and oxygen atoms in total.